The summed E-state index contributed by atoms with van der Waals surface area (Å²) < 4.78 is 44.5. The molecule has 0 atom stereocenters. The van der Waals surface area contributed by atoms with Gasteiger partial charge in [0.15, 0.2) is 10.8 Å². The third kappa shape index (κ3) is 3.76. The SMILES string of the molecule is COC(=O)c1cccc(CSc2nnc3ccc(C(F)(F)F)cn23)c1. The van der Waals surface area contributed by atoms with E-state index in [1.807, 2.05) is 6.07 Å². The van der Waals surface area contributed by atoms with Gasteiger partial charge in [-0.15, -0.1) is 10.2 Å². The first-order valence-electron chi connectivity index (χ1n) is 7.10. The van der Waals surface area contributed by atoms with E-state index in [2.05, 4.69) is 14.9 Å². The maximum atomic E-state index is 12.9. The van der Waals surface area contributed by atoms with Gasteiger partial charge >= 0.3 is 12.1 Å². The molecule has 0 saturated carbocycles. The largest absolute Gasteiger partial charge is 0.465 e. The summed E-state index contributed by atoms with van der Waals surface area (Å²) in [6.45, 7) is 0. The Morgan fingerprint density at radius 1 is 1.24 bits per heavy atom. The van der Waals surface area contributed by atoms with Crippen LogP contribution in [0.15, 0.2) is 47.8 Å². The summed E-state index contributed by atoms with van der Waals surface area (Å²) in [5.41, 5.74) is 0.788. The average molecular weight is 367 g/mol. The first-order valence-corrected chi connectivity index (χ1v) is 8.09. The number of carbonyl (C=O) groups excluding carboxylic acids is 1. The Morgan fingerprint density at radius 2 is 2.04 bits per heavy atom. The average Bonchev–Trinajstić information content (AvgIpc) is 3.01. The predicted octanol–water partition coefficient (Wildman–Crippen LogP) is 3.83. The number of carbonyl (C=O) groups is 1. The summed E-state index contributed by atoms with van der Waals surface area (Å²) in [5, 5.41) is 8.13. The number of nitrogens with zero attached hydrogens (tertiary/aromatic N) is 3. The normalized spacial score (nSPS) is 11.7. The minimum absolute atomic E-state index is 0.332. The molecule has 0 bridgehead atoms. The molecule has 9 heteroatoms. The molecule has 0 radical (unpaired) electrons. The maximum Gasteiger partial charge on any atom is 0.417 e. The van der Waals surface area contributed by atoms with Crippen molar-refractivity contribution in [2.75, 3.05) is 7.11 Å². The lowest BCUT2D eigenvalue weighted by molar-refractivity contribution is -0.137. The van der Waals surface area contributed by atoms with E-state index in [9.17, 15) is 18.0 Å². The van der Waals surface area contributed by atoms with Crippen LogP contribution < -0.4 is 0 Å². The quantitative estimate of drug-likeness (QED) is 0.518. The molecule has 0 fully saturated rings. The molecule has 0 aliphatic heterocycles. The minimum atomic E-state index is -4.44. The van der Waals surface area contributed by atoms with Crippen molar-refractivity contribution in [1.82, 2.24) is 14.6 Å². The second kappa shape index (κ2) is 6.75. The lowest BCUT2D eigenvalue weighted by Crippen LogP contribution is -2.06. The lowest BCUT2D eigenvalue weighted by atomic mass is 10.1. The fraction of sp³-hybridized carbons (Fsp3) is 0.188. The number of fused-ring (bicyclic) bond motifs is 1. The van der Waals surface area contributed by atoms with Crippen molar-refractivity contribution in [1.29, 1.82) is 0 Å². The smallest absolute Gasteiger partial charge is 0.417 e. The first kappa shape index (κ1) is 17.3. The second-order valence-corrected chi connectivity index (χ2v) is 6.05. The molecule has 0 saturated heterocycles. The summed E-state index contributed by atoms with van der Waals surface area (Å²) in [6, 6.07) is 9.07. The fourth-order valence-corrected chi connectivity index (χ4v) is 3.05. The standard InChI is InChI=1S/C16H12F3N3O2S/c1-24-14(23)11-4-2-3-10(7-11)9-25-15-21-20-13-6-5-12(8-22(13)15)16(17,18)19/h2-8H,9H2,1H3. The Kier molecular flexibility index (Phi) is 4.67. The van der Waals surface area contributed by atoms with Gasteiger partial charge in [0.2, 0.25) is 0 Å². The van der Waals surface area contributed by atoms with Crippen LogP contribution in [0.25, 0.3) is 5.65 Å². The van der Waals surface area contributed by atoms with E-state index < -0.39 is 17.7 Å². The van der Waals surface area contributed by atoms with Gasteiger partial charge in [0.05, 0.1) is 18.2 Å². The van der Waals surface area contributed by atoms with E-state index in [1.165, 1.54) is 29.3 Å². The topological polar surface area (TPSA) is 56.5 Å². The first-order chi connectivity index (χ1) is 11.9. The molecule has 1 aromatic carbocycles. The molecule has 3 rings (SSSR count). The predicted molar refractivity (Wildman–Crippen MR) is 85.3 cm³/mol. The summed E-state index contributed by atoms with van der Waals surface area (Å²) >= 11 is 1.23. The maximum absolute atomic E-state index is 12.9. The van der Waals surface area contributed by atoms with E-state index in [0.717, 1.165) is 17.8 Å². The molecule has 2 heterocycles. The van der Waals surface area contributed by atoms with Crippen LogP contribution in [-0.2, 0) is 16.7 Å². The third-order valence-electron chi connectivity index (χ3n) is 3.41. The zero-order valence-electron chi connectivity index (χ0n) is 12.9. The van der Waals surface area contributed by atoms with Gasteiger partial charge in [-0.1, -0.05) is 23.9 Å². The molecule has 130 valence electrons. The van der Waals surface area contributed by atoms with Crippen LogP contribution in [0.1, 0.15) is 21.5 Å². The van der Waals surface area contributed by atoms with Gasteiger partial charge in [-0.25, -0.2) is 4.79 Å². The van der Waals surface area contributed by atoms with Crippen LogP contribution >= 0.6 is 11.8 Å². The van der Waals surface area contributed by atoms with E-state index in [0.29, 0.717) is 22.1 Å². The highest BCUT2D eigenvalue weighted by molar-refractivity contribution is 7.98. The van der Waals surface area contributed by atoms with Gasteiger partial charge in [-0.05, 0) is 29.8 Å². The van der Waals surface area contributed by atoms with Gasteiger partial charge in [0, 0.05) is 11.9 Å². The number of rotatable bonds is 4. The van der Waals surface area contributed by atoms with Crippen molar-refractivity contribution in [3.05, 3.63) is 59.3 Å². The zero-order valence-corrected chi connectivity index (χ0v) is 13.8. The summed E-state index contributed by atoms with van der Waals surface area (Å²) in [6.07, 6.45) is -3.46. The van der Waals surface area contributed by atoms with Crippen molar-refractivity contribution in [2.24, 2.45) is 0 Å². The Bertz CT molecular complexity index is 924. The molecular formula is C16H12F3N3O2S. The fourth-order valence-electron chi connectivity index (χ4n) is 2.19. The summed E-state index contributed by atoms with van der Waals surface area (Å²) in [5.74, 6) is -0.0309. The monoisotopic (exact) mass is 367 g/mol. The van der Waals surface area contributed by atoms with Crippen LogP contribution in [0.4, 0.5) is 13.2 Å². The lowest BCUT2D eigenvalue weighted by Gasteiger charge is -2.07. The number of hydrogen-bond donors (Lipinski definition) is 0. The molecule has 0 amide bonds. The molecule has 25 heavy (non-hydrogen) atoms. The molecule has 2 aromatic heterocycles. The van der Waals surface area contributed by atoms with Gasteiger partial charge in [0.1, 0.15) is 0 Å². The Labute approximate surface area is 144 Å². The zero-order chi connectivity index (χ0) is 18.0. The van der Waals surface area contributed by atoms with Gasteiger partial charge in [-0.3, -0.25) is 4.40 Å². The number of halogens is 3. The van der Waals surface area contributed by atoms with Crippen LogP contribution in [-0.4, -0.2) is 27.7 Å². The molecule has 0 unspecified atom stereocenters. The van der Waals surface area contributed by atoms with Crippen LogP contribution in [0.3, 0.4) is 0 Å². The van der Waals surface area contributed by atoms with Gasteiger partial charge < -0.3 is 4.74 Å². The van der Waals surface area contributed by atoms with Crippen molar-refractivity contribution >= 4 is 23.4 Å². The number of benzene rings is 1. The Balaban J connectivity index is 1.83. The number of aromatic nitrogens is 3. The molecule has 3 aromatic rings. The Morgan fingerprint density at radius 3 is 2.76 bits per heavy atom. The molecule has 0 N–H and O–H groups in total. The van der Waals surface area contributed by atoms with Gasteiger partial charge in [0.25, 0.3) is 0 Å². The van der Waals surface area contributed by atoms with Crippen molar-refractivity contribution in [3.8, 4) is 0 Å². The van der Waals surface area contributed by atoms with E-state index in [-0.39, 0.29) is 0 Å². The molecular weight excluding hydrogens is 355 g/mol. The van der Waals surface area contributed by atoms with Gasteiger partial charge in [-0.2, -0.15) is 13.2 Å². The molecule has 0 spiro atoms. The van der Waals surface area contributed by atoms with Crippen LogP contribution in [0, 0.1) is 0 Å². The van der Waals surface area contributed by atoms with Crippen molar-refractivity contribution in [3.63, 3.8) is 0 Å². The van der Waals surface area contributed by atoms with Crippen molar-refractivity contribution < 1.29 is 22.7 Å². The Hall–Kier alpha value is -2.55. The summed E-state index contributed by atoms with van der Waals surface area (Å²) in [4.78, 5) is 11.5. The van der Waals surface area contributed by atoms with E-state index in [1.54, 1.807) is 18.2 Å². The van der Waals surface area contributed by atoms with E-state index in [4.69, 9.17) is 0 Å². The highest BCUT2D eigenvalue weighted by atomic mass is 32.2. The molecule has 5 nitrogen and oxygen atoms in total. The highest BCUT2D eigenvalue weighted by Gasteiger charge is 2.31. The number of pyridine rings is 1. The van der Waals surface area contributed by atoms with Crippen LogP contribution in [0.2, 0.25) is 0 Å². The minimum Gasteiger partial charge on any atom is -0.465 e. The third-order valence-corrected chi connectivity index (χ3v) is 4.43. The van der Waals surface area contributed by atoms with Crippen molar-refractivity contribution in [2.45, 2.75) is 17.1 Å². The molecule has 0 aliphatic carbocycles. The van der Waals surface area contributed by atoms with Crippen LogP contribution in [0.5, 0.6) is 0 Å². The summed E-state index contributed by atoms with van der Waals surface area (Å²) in [7, 11) is 1.30. The number of hydrogen-bond acceptors (Lipinski definition) is 5. The molecule has 0 aliphatic rings. The number of methoxy groups -OCH3 is 1. The number of thioether (sulfide) groups is 1. The van der Waals surface area contributed by atoms with E-state index >= 15 is 0 Å². The highest BCUT2D eigenvalue weighted by Crippen LogP contribution is 2.30. The number of alkyl halides is 3. The number of esters is 1. The second-order valence-electron chi connectivity index (χ2n) is 5.11. The number of ether oxygens (including phenoxy) is 1.